The zero-order chi connectivity index (χ0) is 14.5. The van der Waals surface area contributed by atoms with Crippen LogP contribution in [-0.2, 0) is 4.79 Å². The van der Waals surface area contributed by atoms with Crippen LogP contribution in [0.1, 0.15) is 51.5 Å². The molecule has 4 heteroatoms. The number of carbonyl (C=O) groups excluding carboxylic acids is 1. The summed E-state index contributed by atoms with van der Waals surface area (Å²) in [6, 6.07) is 4.62. The number of aromatic nitrogens is 1. The second-order valence-corrected chi connectivity index (χ2v) is 5.78. The molecule has 0 bridgehead atoms. The van der Waals surface area contributed by atoms with E-state index in [1.165, 1.54) is 5.56 Å². The number of hydrogen-bond donors (Lipinski definition) is 1. The summed E-state index contributed by atoms with van der Waals surface area (Å²) in [5.41, 5.74) is 1.31. The van der Waals surface area contributed by atoms with Crippen LogP contribution >= 0.6 is 0 Å². The van der Waals surface area contributed by atoms with E-state index in [0.29, 0.717) is 18.4 Å². The smallest absolute Gasteiger partial charge is 0.222 e. The van der Waals surface area contributed by atoms with Crippen LogP contribution in [0.15, 0.2) is 18.3 Å². The van der Waals surface area contributed by atoms with Crippen LogP contribution in [0, 0.1) is 0 Å². The lowest BCUT2D eigenvalue weighted by Gasteiger charge is -2.32. The summed E-state index contributed by atoms with van der Waals surface area (Å²) >= 11 is 0. The highest BCUT2D eigenvalue weighted by Crippen LogP contribution is 2.19. The minimum atomic E-state index is 0.267. The first-order valence-electron chi connectivity index (χ1n) is 7.60. The van der Waals surface area contributed by atoms with Gasteiger partial charge in [0.25, 0.3) is 0 Å². The number of nitrogens with zero attached hydrogens (tertiary/aromatic N) is 2. The molecule has 0 saturated carbocycles. The van der Waals surface area contributed by atoms with Crippen molar-refractivity contribution in [1.82, 2.24) is 9.88 Å². The van der Waals surface area contributed by atoms with Crippen molar-refractivity contribution in [2.45, 2.75) is 52.0 Å². The number of likely N-dealkylation sites (tertiary alicyclic amines) is 1. The number of nitrogens with one attached hydrogen (secondary N) is 1. The van der Waals surface area contributed by atoms with Gasteiger partial charge in [0.2, 0.25) is 5.91 Å². The second-order valence-electron chi connectivity index (χ2n) is 5.78. The Morgan fingerprint density at radius 1 is 1.45 bits per heavy atom. The summed E-state index contributed by atoms with van der Waals surface area (Å²) in [6.45, 7) is 8.01. The van der Waals surface area contributed by atoms with Gasteiger partial charge in [0.15, 0.2) is 0 Å². The fourth-order valence-electron chi connectivity index (χ4n) is 2.59. The Morgan fingerprint density at radius 3 is 2.75 bits per heavy atom. The molecular weight excluding hydrogens is 250 g/mol. The van der Waals surface area contributed by atoms with E-state index in [2.05, 4.69) is 36.3 Å². The molecule has 20 heavy (non-hydrogen) atoms. The average Bonchev–Trinajstić information content (AvgIpc) is 2.47. The summed E-state index contributed by atoms with van der Waals surface area (Å²) in [5, 5.41) is 3.50. The molecule has 1 amide bonds. The molecule has 0 radical (unpaired) electrons. The van der Waals surface area contributed by atoms with Gasteiger partial charge in [-0.25, -0.2) is 4.98 Å². The molecule has 0 aromatic carbocycles. The third-order valence-electron chi connectivity index (χ3n) is 3.95. The number of hydrogen-bond acceptors (Lipinski definition) is 3. The molecule has 1 aliphatic heterocycles. The van der Waals surface area contributed by atoms with Gasteiger partial charge < -0.3 is 10.2 Å². The van der Waals surface area contributed by atoms with E-state index in [-0.39, 0.29) is 5.91 Å². The van der Waals surface area contributed by atoms with Crippen LogP contribution in [-0.4, -0.2) is 34.9 Å². The molecule has 1 fully saturated rings. The lowest BCUT2D eigenvalue weighted by molar-refractivity contribution is -0.131. The molecule has 1 aromatic heterocycles. The summed E-state index contributed by atoms with van der Waals surface area (Å²) < 4.78 is 0. The topological polar surface area (TPSA) is 45.2 Å². The lowest BCUT2D eigenvalue weighted by Crippen LogP contribution is -2.42. The van der Waals surface area contributed by atoms with Crippen molar-refractivity contribution >= 4 is 11.7 Å². The summed E-state index contributed by atoms with van der Waals surface area (Å²) in [6.07, 6.45) is 4.47. The highest BCUT2D eigenvalue weighted by Gasteiger charge is 2.21. The highest BCUT2D eigenvalue weighted by atomic mass is 16.2. The molecule has 0 spiro atoms. The molecule has 1 saturated heterocycles. The minimum absolute atomic E-state index is 0.267. The minimum Gasteiger partial charge on any atom is -0.367 e. The van der Waals surface area contributed by atoms with E-state index < -0.39 is 0 Å². The Labute approximate surface area is 121 Å². The number of amides is 1. The van der Waals surface area contributed by atoms with Crippen LogP contribution in [0.4, 0.5) is 5.82 Å². The molecule has 4 nitrogen and oxygen atoms in total. The van der Waals surface area contributed by atoms with Gasteiger partial charge in [-0.05, 0) is 36.5 Å². The molecule has 2 rings (SSSR count). The summed E-state index contributed by atoms with van der Waals surface area (Å²) in [7, 11) is 0. The maximum atomic E-state index is 11.6. The van der Waals surface area contributed by atoms with Crippen molar-refractivity contribution in [3.63, 3.8) is 0 Å². The molecule has 0 aliphatic carbocycles. The molecule has 1 N–H and O–H groups in total. The predicted molar refractivity (Wildman–Crippen MR) is 81.8 cm³/mol. The molecule has 1 aromatic rings. The third kappa shape index (κ3) is 3.71. The fourth-order valence-corrected chi connectivity index (χ4v) is 2.59. The zero-order valence-corrected chi connectivity index (χ0v) is 12.7. The van der Waals surface area contributed by atoms with Gasteiger partial charge in [-0.2, -0.15) is 0 Å². The molecule has 0 atom stereocenters. The standard InChI is InChI=1S/C16H25N3O/c1-4-16(20)19-9-6-14(7-10-19)18-15-11-13(12(2)3)5-8-17-15/h5,8,11-12,14H,4,6-7,9-10H2,1-3H3,(H,17,18). The maximum Gasteiger partial charge on any atom is 0.222 e. The second kappa shape index (κ2) is 6.73. The first-order valence-corrected chi connectivity index (χ1v) is 7.60. The molecule has 0 unspecified atom stereocenters. The number of anilines is 1. The molecule has 1 aliphatic rings. The fraction of sp³-hybridized carbons (Fsp3) is 0.625. The number of rotatable bonds is 4. The SMILES string of the molecule is CCC(=O)N1CCC(Nc2cc(C(C)C)ccn2)CC1. The van der Waals surface area contributed by atoms with E-state index >= 15 is 0 Å². The Hall–Kier alpha value is -1.58. The number of piperidine rings is 1. The van der Waals surface area contributed by atoms with Gasteiger partial charge in [0.1, 0.15) is 5.82 Å². The van der Waals surface area contributed by atoms with Crippen LogP contribution < -0.4 is 5.32 Å². The van der Waals surface area contributed by atoms with Crippen LogP contribution in [0.25, 0.3) is 0 Å². The van der Waals surface area contributed by atoms with Gasteiger partial charge in [0.05, 0.1) is 0 Å². The molecule has 110 valence electrons. The predicted octanol–water partition coefficient (Wildman–Crippen LogP) is 3.02. The normalized spacial score (nSPS) is 16.5. The van der Waals surface area contributed by atoms with E-state index in [4.69, 9.17) is 0 Å². The summed E-state index contributed by atoms with van der Waals surface area (Å²) in [4.78, 5) is 18.0. The van der Waals surface area contributed by atoms with E-state index in [1.54, 1.807) is 0 Å². The largest absolute Gasteiger partial charge is 0.367 e. The Kier molecular flexibility index (Phi) is 4.99. The van der Waals surface area contributed by atoms with Gasteiger partial charge >= 0.3 is 0 Å². The zero-order valence-electron chi connectivity index (χ0n) is 12.7. The van der Waals surface area contributed by atoms with Crippen molar-refractivity contribution in [2.75, 3.05) is 18.4 Å². The highest BCUT2D eigenvalue weighted by molar-refractivity contribution is 5.75. The van der Waals surface area contributed by atoms with E-state index in [1.807, 2.05) is 18.0 Å². The maximum absolute atomic E-state index is 11.6. The third-order valence-corrected chi connectivity index (χ3v) is 3.95. The van der Waals surface area contributed by atoms with Gasteiger partial charge in [0, 0.05) is 31.7 Å². The number of pyridine rings is 1. The lowest BCUT2D eigenvalue weighted by atomic mass is 10.0. The Balaban J connectivity index is 1.89. The molecule has 2 heterocycles. The molecular formula is C16H25N3O. The van der Waals surface area contributed by atoms with Crippen molar-refractivity contribution in [1.29, 1.82) is 0 Å². The van der Waals surface area contributed by atoms with Crippen LogP contribution in [0.3, 0.4) is 0 Å². The van der Waals surface area contributed by atoms with Crippen molar-refractivity contribution < 1.29 is 4.79 Å². The first kappa shape index (κ1) is 14.8. The van der Waals surface area contributed by atoms with Gasteiger partial charge in [-0.3, -0.25) is 4.79 Å². The first-order chi connectivity index (χ1) is 9.60. The van der Waals surface area contributed by atoms with E-state index in [0.717, 1.165) is 31.7 Å². The monoisotopic (exact) mass is 275 g/mol. The Morgan fingerprint density at radius 2 is 2.15 bits per heavy atom. The van der Waals surface area contributed by atoms with Crippen LogP contribution in [0.5, 0.6) is 0 Å². The average molecular weight is 275 g/mol. The van der Waals surface area contributed by atoms with Crippen molar-refractivity contribution in [2.24, 2.45) is 0 Å². The summed E-state index contributed by atoms with van der Waals surface area (Å²) in [5.74, 6) is 1.74. The Bertz CT molecular complexity index is 451. The van der Waals surface area contributed by atoms with E-state index in [9.17, 15) is 4.79 Å². The number of carbonyl (C=O) groups is 1. The van der Waals surface area contributed by atoms with Crippen molar-refractivity contribution in [3.05, 3.63) is 23.9 Å². The quantitative estimate of drug-likeness (QED) is 0.918. The van der Waals surface area contributed by atoms with Crippen LogP contribution in [0.2, 0.25) is 0 Å². The van der Waals surface area contributed by atoms with Gasteiger partial charge in [-0.1, -0.05) is 20.8 Å². The van der Waals surface area contributed by atoms with Gasteiger partial charge in [-0.15, -0.1) is 0 Å². The van der Waals surface area contributed by atoms with Crippen molar-refractivity contribution in [3.8, 4) is 0 Å².